The average Bonchev–Trinajstić information content (AvgIpc) is 3.15. The van der Waals surface area contributed by atoms with Gasteiger partial charge in [-0.15, -0.1) is 11.8 Å². The molecule has 4 rings (SSSR count). The zero-order chi connectivity index (χ0) is 20.2. The maximum atomic E-state index is 9.86. The highest BCUT2D eigenvalue weighted by molar-refractivity contribution is 7.98. The largest absolute Gasteiger partial charge is 0.507 e. The first-order chi connectivity index (χ1) is 14.2. The number of ether oxygens (including phenoxy) is 1. The number of phenolic OH excluding ortho intramolecular Hbond substituents is 1. The molecule has 0 aliphatic carbocycles. The first-order valence-corrected chi connectivity index (χ1v) is 9.93. The van der Waals surface area contributed by atoms with E-state index in [0.717, 1.165) is 21.8 Å². The molecule has 0 spiro atoms. The fraction of sp³-hybridized carbons (Fsp3) is 0.100. The van der Waals surface area contributed by atoms with Gasteiger partial charge in [0.1, 0.15) is 22.9 Å². The SMILES string of the molecule is COc1ccc(-n2nc(SC)c3c(N/N=C/c4ccccc4O)ncnc32)cc1. The van der Waals surface area contributed by atoms with E-state index in [9.17, 15) is 5.11 Å². The Hall–Kier alpha value is -3.59. The maximum Gasteiger partial charge on any atom is 0.169 e. The van der Waals surface area contributed by atoms with Crippen molar-refractivity contribution in [2.45, 2.75) is 5.03 Å². The van der Waals surface area contributed by atoms with Gasteiger partial charge >= 0.3 is 0 Å². The van der Waals surface area contributed by atoms with Crippen molar-refractivity contribution in [2.24, 2.45) is 5.10 Å². The molecule has 0 atom stereocenters. The predicted octanol–water partition coefficient (Wildman–Crippen LogP) is 3.70. The van der Waals surface area contributed by atoms with Crippen LogP contribution in [0.5, 0.6) is 11.5 Å². The van der Waals surface area contributed by atoms with Gasteiger partial charge in [-0.3, -0.25) is 5.43 Å². The Bertz CT molecular complexity index is 1170. The van der Waals surface area contributed by atoms with Gasteiger partial charge in [0.2, 0.25) is 0 Å². The molecule has 29 heavy (non-hydrogen) atoms. The van der Waals surface area contributed by atoms with E-state index in [0.29, 0.717) is 17.0 Å². The van der Waals surface area contributed by atoms with Gasteiger partial charge in [-0.05, 0) is 42.7 Å². The molecule has 2 heterocycles. The third-order valence-electron chi connectivity index (χ3n) is 4.25. The first-order valence-electron chi connectivity index (χ1n) is 8.70. The summed E-state index contributed by atoms with van der Waals surface area (Å²) in [6, 6.07) is 14.5. The summed E-state index contributed by atoms with van der Waals surface area (Å²) in [6.45, 7) is 0. The fourth-order valence-electron chi connectivity index (χ4n) is 2.81. The molecule has 0 fully saturated rings. The van der Waals surface area contributed by atoms with Crippen molar-refractivity contribution in [3.63, 3.8) is 0 Å². The number of anilines is 1. The molecule has 2 aromatic heterocycles. The molecular weight excluding hydrogens is 388 g/mol. The quantitative estimate of drug-likeness (QED) is 0.286. The van der Waals surface area contributed by atoms with Crippen LogP contribution in [0.1, 0.15) is 5.56 Å². The molecule has 0 saturated heterocycles. The van der Waals surface area contributed by atoms with Gasteiger partial charge in [-0.2, -0.15) is 10.2 Å². The lowest BCUT2D eigenvalue weighted by molar-refractivity contribution is 0.414. The molecule has 8 nitrogen and oxygen atoms in total. The molecule has 0 aliphatic rings. The normalized spacial score (nSPS) is 11.2. The second-order valence-electron chi connectivity index (χ2n) is 5.97. The lowest BCUT2D eigenvalue weighted by Crippen LogP contribution is -1.99. The number of nitrogens with zero attached hydrogens (tertiary/aromatic N) is 5. The lowest BCUT2D eigenvalue weighted by atomic mass is 10.2. The van der Waals surface area contributed by atoms with Gasteiger partial charge in [0.05, 0.1) is 24.4 Å². The minimum Gasteiger partial charge on any atom is -0.507 e. The third kappa shape index (κ3) is 3.72. The van der Waals surface area contributed by atoms with Crippen LogP contribution in [-0.2, 0) is 0 Å². The number of benzene rings is 2. The standard InChI is InChI=1S/C20H18N6O2S/c1-28-15-9-7-14(8-10-15)26-19-17(20(25-26)29-2)18(21-12-22-19)24-23-11-13-5-3-4-6-16(13)27/h3-12,27H,1-2H3,(H,21,22,24)/b23-11+. The van der Waals surface area contributed by atoms with E-state index in [1.807, 2.05) is 36.6 Å². The number of hydrogen-bond donors (Lipinski definition) is 2. The fourth-order valence-corrected chi connectivity index (χ4v) is 3.37. The molecule has 0 bridgehead atoms. The van der Waals surface area contributed by atoms with Crippen LogP contribution in [0.3, 0.4) is 0 Å². The molecule has 4 aromatic rings. The zero-order valence-electron chi connectivity index (χ0n) is 15.8. The van der Waals surface area contributed by atoms with Gasteiger partial charge in [-0.25, -0.2) is 14.6 Å². The van der Waals surface area contributed by atoms with Gasteiger partial charge in [-0.1, -0.05) is 12.1 Å². The van der Waals surface area contributed by atoms with Gasteiger partial charge in [0.15, 0.2) is 11.5 Å². The molecule has 146 valence electrons. The number of thioether (sulfide) groups is 1. The number of aromatic nitrogens is 4. The van der Waals surface area contributed by atoms with Crippen LogP contribution in [0.25, 0.3) is 16.7 Å². The number of fused-ring (bicyclic) bond motifs is 1. The van der Waals surface area contributed by atoms with E-state index in [4.69, 9.17) is 4.74 Å². The molecule has 0 radical (unpaired) electrons. The summed E-state index contributed by atoms with van der Waals surface area (Å²) in [7, 11) is 1.63. The number of hydrazone groups is 1. The highest BCUT2D eigenvalue weighted by Gasteiger charge is 2.17. The molecule has 0 unspecified atom stereocenters. The number of aromatic hydroxyl groups is 1. The Labute approximate surface area is 171 Å². The summed E-state index contributed by atoms with van der Waals surface area (Å²) in [5, 5.41) is 20.3. The van der Waals surface area contributed by atoms with E-state index < -0.39 is 0 Å². The molecule has 0 aliphatic heterocycles. The van der Waals surface area contributed by atoms with E-state index in [1.54, 1.807) is 30.0 Å². The van der Waals surface area contributed by atoms with E-state index in [-0.39, 0.29) is 5.75 Å². The van der Waals surface area contributed by atoms with Crippen LogP contribution in [0.2, 0.25) is 0 Å². The van der Waals surface area contributed by atoms with E-state index >= 15 is 0 Å². The van der Waals surface area contributed by atoms with Crippen molar-refractivity contribution in [1.29, 1.82) is 0 Å². The second-order valence-corrected chi connectivity index (χ2v) is 6.76. The van der Waals surface area contributed by atoms with Crippen molar-refractivity contribution < 1.29 is 9.84 Å². The molecule has 2 N–H and O–H groups in total. The Morgan fingerprint density at radius 1 is 1.14 bits per heavy atom. The smallest absolute Gasteiger partial charge is 0.169 e. The number of rotatable bonds is 6. The Morgan fingerprint density at radius 2 is 1.93 bits per heavy atom. The minimum atomic E-state index is 0.156. The van der Waals surface area contributed by atoms with Crippen molar-refractivity contribution in [3.8, 4) is 17.2 Å². The van der Waals surface area contributed by atoms with Crippen LogP contribution >= 0.6 is 11.8 Å². The van der Waals surface area contributed by atoms with Crippen molar-refractivity contribution in [2.75, 3.05) is 18.8 Å². The summed E-state index contributed by atoms with van der Waals surface area (Å²) >= 11 is 1.50. The highest BCUT2D eigenvalue weighted by Crippen LogP contribution is 2.31. The minimum absolute atomic E-state index is 0.156. The summed E-state index contributed by atoms with van der Waals surface area (Å²) in [5.74, 6) is 1.46. The Balaban J connectivity index is 1.72. The van der Waals surface area contributed by atoms with E-state index in [2.05, 4.69) is 25.6 Å². The van der Waals surface area contributed by atoms with Crippen LogP contribution in [0.15, 0.2) is 65.0 Å². The zero-order valence-corrected chi connectivity index (χ0v) is 16.6. The second kappa shape index (κ2) is 8.19. The average molecular weight is 406 g/mol. The van der Waals surface area contributed by atoms with Gasteiger partial charge in [0.25, 0.3) is 0 Å². The summed E-state index contributed by atoms with van der Waals surface area (Å²) in [4.78, 5) is 8.74. The molecular formula is C20H18N6O2S. The maximum absolute atomic E-state index is 9.86. The molecule has 0 amide bonds. The first kappa shape index (κ1) is 18.8. The van der Waals surface area contributed by atoms with Crippen molar-refractivity contribution >= 4 is 34.8 Å². The molecule has 9 heteroatoms. The van der Waals surface area contributed by atoms with Crippen LogP contribution in [0.4, 0.5) is 5.82 Å². The van der Waals surface area contributed by atoms with Crippen LogP contribution in [0, 0.1) is 0 Å². The highest BCUT2D eigenvalue weighted by atomic mass is 32.2. The topological polar surface area (TPSA) is 97.5 Å². The van der Waals surface area contributed by atoms with Crippen LogP contribution < -0.4 is 10.2 Å². The Morgan fingerprint density at radius 3 is 2.66 bits per heavy atom. The predicted molar refractivity (Wildman–Crippen MR) is 114 cm³/mol. The van der Waals surface area contributed by atoms with Gasteiger partial charge < -0.3 is 9.84 Å². The summed E-state index contributed by atoms with van der Waals surface area (Å²) in [5.41, 5.74) is 5.06. The number of phenols is 1. The summed E-state index contributed by atoms with van der Waals surface area (Å²) < 4.78 is 6.99. The number of methoxy groups -OCH3 is 1. The van der Waals surface area contributed by atoms with Crippen molar-refractivity contribution in [1.82, 2.24) is 19.7 Å². The molecule has 2 aromatic carbocycles. The third-order valence-corrected chi connectivity index (χ3v) is 4.93. The number of hydrogen-bond acceptors (Lipinski definition) is 8. The monoisotopic (exact) mass is 406 g/mol. The number of para-hydroxylation sites is 1. The number of nitrogens with one attached hydrogen (secondary N) is 1. The van der Waals surface area contributed by atoms with Gasteiger partial charge in [0, 0.05) is 5.56 Å². The van der Waals surface area contributed by atoms with Crippen LogP contribution in [-0.4, -0.2) is 44.4 Å². The van der Waals surface area contributed by atoms with Crippen molar-refractivity contribution in [3.05, 3.63) is 60.4 Å². The Kier molecular flexibility index (Phi) is 5.30. The summed E-state index contributed by atoms with van der Waals surface area (Å²) in [6.07, 6.45) is 4.95. The van der Waals surface area contributed by atoms with E-state index in [1.165, 1.54) is 24.3 Å². The lowest BCUT2D eigenvalue weighted by Gasteiger charge is -2.05. The molecule has 0 saturated carbocycles.